The Bertz CT molecular complexity index is 772. The Morgan fingerprint density at radius 3 is 2.75 bits per heavy atom. The van der Waals surface area contributed by atoms with E-state index in [4.69, 9.17) is 5.11 Å². The minimum absolute atomic E-state index is 0.253. The molecule has 20 heavy (non-hydrogen) atoms. The topological polar surface area (TPSA) is 75.1 Å². The predicted molar refractivity (Wildman–Crippen MR) is 76.2 cm³/mol. The first-order chi connectivity index (χ1) is 9.74. The molecule has 0 saturated heterocycles. The highest BCUT2D eigenvalue weighted by Crippen LogP contribution is 2.21. The van der Waals surface area contributed by atoms with Crippen LogP contribution in [0.15, 0.2) is 54.9 Å². The van der Waals surface area contributed by atoms with E-state index in [0.717, 1.165) is 5.69 Å². The smallest absolute Gasteiger partial charge is 0.336 e. The monoisotopic (exact) mass is 265 g/mol. The Labute approximate surface area is 114 Å². The second kappa shape index (κ2) is 4.97. The largest absolute Gasteiger partial charge is 0.478 e. The number of aromatic carboxylic acids is 1. The van der Waals surface area contributed by atoms with Gasteiger partial charge in [-0.1, -0.05) is 6.07 Å². The fourth-order valence-electron chi connectivity index (χ4n) is 2.00. The van der Waals surface area contributed by atoms with Gasteiger partial charge in [-0.05, 0) is 36.4 Å². The number of benzene rings is 1. The van der Waals surface area contributed by atoms with Crippen molar-refractivity contribution in [2.24, 2.45) is 0 Å². The average Bonchev–Trinajstić information content (AvgIpc) is 2.47. The van der Waals surface area contributed by atoms with Crippen molar-refractivity contribution >= 4 is 28.4 Å². The van der Waals surface area contributed by atoms with Crippen molar-refractivity contribution in [3.05, 3.63) is 60.4 Å². The van der Waals surface area contributed by atoms with Crippen LogP contribution in [0.3, 0.4) is 0 Å². The summed E-state index contributed by atoms with van der Waals surface area (Å²) in [5.74, 6) is -0.307. The van der Waals surface area contributed by atoms with Gasteiger partial charge in [0.05, 0.1) is 23.0 Å². The second-order valence-electron chi connectivity index (χ2n) is 4.24. The molecule has 98 valence electrons. The summed E-state index contributed by atoms with van der Waals surface area (Å²) in [6.45, 7) is 0. The quantitative estimate of drug-likeness (QED) is 0.761. The molecule has 5 nitrogen and oxygen atoms in total. The lowest BCUT2D eigenvalue weighted by Crippen LogP contribution is -1.99. The van der Waals surface area contributed by atoms with Gasteiger partial charge in [0.1, 0.15) is 5.82 Å². The normalized spacial score (nSPS) is 10.4. The van der Waals surface area contributed by atoms with Crippen LogP contribution in [0.1, 0.15) is 10.4 Å². The van der Waals surface area contributed by atoms with Crippen LogP contribution < -0.4 is 5.32 Å². The van der Waals surface area contributed by atoms with Gasteiger partial charge in [0.25, 0.3) is 0 Å². The molecule has 2 N–H and O–H groups in total. The molecule has 0 spiro atoms. The van der Waals surface area contributed by atoms with Crippen LogP contribution in [0.5, 0.6) is 0 Å². The molecule has 0 radical (unpaired) electrons. The van der Waals surface area contributed by atoms with E-state index in [1.165, 1.54) is 0 Å². The lowest BCUT2D eigenvalue weighted by Gasteiger charge is -2.07. The zero-order valence-corrected chi connectivity index (χ0v) is 10.4. The van der Waals surface area contributed by atoms with E-state index in [1.807, 2.05) is 12.1 Å². The van der Waals surface area contributed by atoms with E-state index in [1.54, 1.807) is 42.7 Å². The maximum atomic E-state index is 11.1. The van der Waals surface area contributed by atoms with E-state index >= 15 is 0 Å². The molecule has 0 saturated carbocycles. The zero-order chi connectivity index (χ0) is 13.9. The van der Waals surface area contributed by atoms with E-state index in [2.05, 4.69) is 15.3 Å². The molecular weight excluding hydrogens is 254 g/mol. The van der Waals surface area contributed by atoms with E-state index in [0.29, 0.717) is 16.7 Å². The highest BCUT2D eigenvalue weighted by atomic mass is 16.4. The van der Waals surface area contributed by atoms with Gasteiger partial charge in [0, 0.05) is 11.6 Å². The van der Waals surface area contributed by atoms with Gasteiger partial charge in [-0.25, -0.2) is 9.78 Å². The van der Waals surface area contributed by atoms with Crippen molar-refractivity contribution in [1.82, 2.24) is 9.97 Å². The summed E-state index contributed by atoms with van der Waals surface area (Å²) in [6, 6.07) is 12.3. The highest BCUT2D eigenvalue weighted by molar-refractivity contribution is 6.02. The minimum Gasteiger partial charge on any atom is -0.478 e. The number of anilines is 2. The predicted octanol–water partition coefficient (Wildman–Crippen LogP) is 3.07. The molecule has 0 bridgehead atoms. The SMILES string of the molecule is O=C(O)c1cccc2nc(Nc3cccnc3)ccc12. The molecule has 0 fully saturated rings. The first kappa shape index (κ1) is 12.1. The number of hydrogen-bond donors (Lipinski definition) is 2. The first-order valence-electron chi connectivity index (χ1n) is 6.04. The Balaban J connectivity index is 2.01. The fraction of sp³-hybridized carbons (Fsp3) is 0. The molecule has 3 rings (SSSR count). The van der Waals surface area contributed by atoms with Gasteiger partial charge in [-0.3, -0.25) is 4.98 Å². The van der Waals surface area contributed by atoms with Crippen LogP contribution in [0.2, 0.25) is 0 Å². The minimum atomic E-state index is -0.953. The molecule has 0 aliphatic carbocycles. The van der Waals surface area contributed by atoms with Crippen molar-refractivity contribution in [3.8, 4) is 0 Å². The van der Waals surface area contributed by atoms with Crippen molar-refractivity contribution in [3.63, 3.8) is 0 Å². The Hall–Kier alpha value is -2.95. The third kappa shape index (κ3) is 2.29. The summed E-state index contributed by atoms with van der Waals surface area (Å²) >= 11 is 0. The lowest BCUT2D eigenvalue weighted by molar-refractivity contribution is 0.0699. The molecule has 0 amide bonds. The number of aromatic nitrogens is 2. The van der Waals surface area contributed by atoms with Crippen LogP contribution in [-0.2, 0) is 0 Å². The molecule has 0 aliphatic rings. The van der Waals surface area contributed by atoms with Gasteiger partial charge in [-0.15, -0.1) is 0 Å². The van der Waals surface area contributed by atoms with Crippen LogP contribution >= 0.6 is 0 Å². The molecule has 0 atom stereocenters. The third-order valence-corrected chi connectivity index (χ3v) is 2.90. The molecular formula is C15H11N3O2. The Kier molecular flexibility index (Phi) is 3.01. The van der Waals surface area contributed by atoms with Crippen LogP contribution in [0.4, 0.5) is 11.5 Å². The number of pyridine rings is 2. The van der Waals surface area contributed by atoms with Gasteiger partial charge in [0.15, 0.2) is 0 Å². The van der Waals surface area contributed by atoms with Crippen LogP contribution in [-0.4, -0.2) is 21.0 Å². The molecule has 2 heterocycles. The molecule has 0 aliphatic heterocycles. The number of carbonyl (C=O) groups is 1. The maximum Gasteiger partial charge on any atom is 0.336 e. The van der Waals surface area contributed by atoms with Crippen LogP contribution in [0, 0.1) is 0 Å². The molecule has 2 aromatic heterocycles. The molecule has 1 aromatic carbocycles. The number of fused-ring (bicyclic) bond motifs is 1. The Morgan fingerprint density at radius 2 is 2.00 bits per heavy atom. The number of nitrogens with zero attached hydrogens (tertiary/aromatic N) is 2. The highest BCUT2D eigenvalue weighted by Gasteiger charge is 2.09. The maximum absolute atomic E-state index is 11.1. The van der Waals surface area contributed by atoms with Crippen molar-refractivity contribution < 1.29 is 9.90 Å². The van der Waals surface area contributed by atoms with Crippen molar-refractivity contribution in [2.75, 3.05) is 5.32 Å². The number of nitrogens with one attached hydrogen (secondary N) is 1. The summed E-state index contributed by atoms with van der Waals surface area (Å²) < 4.78 is 0. The second-order valence-corrected chi connectivity index (χ2v) is 4.24. The molecule has 5 heteroatoms. The van der Waals surface area contributed by atoms with Crippen molar-refractivity contribution in [1.29, 1.82) is 0 Å². The third-order valence-electron chi connectivity index (χ3n) is 2.90. The summed E-state index contributed by atoms with van der Waals surface area (Å²) in [7, 11) is 0. The van der Waals surface area contributed by atoms with Crippen LogP contribution in [0.25, 0.3) is 10.9 Å². The van der Waals surface area contributed by atoms with Gasteiger partial charge < -0.3 is 10.4 Å². The van der Waals surface area contributed by atoms with E-state index < -0.39 is 5.97 Å². The number of carboxylic acids is 1. The number of hydrogen-bond acceptors (Lipinski definition) is 4. The number of carboxylic acid groups (broad SMARTS) is 1. The summed E-state index contributed by atoms with van der Waals surface area (Å²) in [4.78, 5) is 19.6. The fourth-order valence-corrected chi connectivity index (χ4v) is 2.00. The standard InChI is InChI=1S/C15H11N3O2/c19-15(20)12-4-1-5-13-11(12)6-7-14(18-13)17-10-3-2-8-16-9-10/h1-9H,(H,17,18)(H,19,20). The number of rotatable bonds is 3. The molecule has 0 unspecified atom stereocenters. The van der Waals surface area contributed by atoms with E-state index in [-0.39, 0.29) is 5.56 Å². The van der Waals surface area contributed by atoms with E-state index in [9.17, 15) is 4.79 Å². The van der Waals surface area contributed by atoms with Crippen molar-refractivity contribution in [2.45, 2.75) is 0 Å². The van der Waals surface area contributed by atoms with Gasteiger partial charge in [0.2, 0.25) is 0 Å². The average molecular weight is 265 g/mol. The molecule has 3 aromatic rings. The lowest BCUT2D eigenvalue weighted by atomic mass is 10.1. The summed E-state index contributed by atoms with van der Waals surface area (Å²) in [6.07, 6.45) is 3.39. The van der Waals surface area contributed by atoms with Gasteiger partial charge in [-0.2, -0.15) is 0 Å². The first-order valence-corrected chi connectivity index (χ1v) is 6.04. The summed E-state index contributed by atoms with van der Waals surface area (Å²) in [5.41, 5.74) is 1.72. The van der Waals surface area contributed by atoms with Gasteiger partial charge >= 0.3 is 5.97 Å². The Morgan fingerprint density at radius 1 is 1.10 bits per heavy atom. The zero-order valence-electron chi connectivity index (χ0n) is 10.4. The summed E-state index contributed by atoms with van der Waals surface area (Å²) in [5, 5.41) is 12.9.